The first kappa shape index (κ1) is 17.3. The van der Waals surface area contributed by atoms with Gasteiger partial charge in [-0.05, 0) is 29.8 Å². The molecule has 0 radical (unpaired) electrons. The van der Waals surface area contributed by atoms with E-state index in [1.807, 2.05) is 42.5 Å². The molecule has 5 rings (SSSR count). The third-order valence-corrected chi connectivity index (χ3v) is 5.09. The van der Waals surface area contributed by atoms with Crippen LogP contribution >= 0.6 is 0 Å². The summed E-state index contributed by atoms with van der Waals surface area (Å²) in [6, 6.07) is 18.4. The lowest BCUT2D eigenvalue weighted by Crippen LogP contribution is -2.14. The van der Waals surface area contributed by atoms with Crippen LogP contribution in [0.3, 0.4) is 0 Å². The Morgan fingerprint density at radius 1 is 1.00 bits per heavy atom. The highest BCUT2D eigenvalue weighted by Crippen LogP contribution is 2.40. The maximum atomic E-state index is 13.9. The molecule has 0 saturated heterocycles. The quantitative estimate of drug-likeness (QED) is 0.448. The molecule has 0 atom stereocenters. The SMILES string of the molecule is O=C(Nc1ccc2c(c1)Cc1c(-c3ccccc3)n[nH]c1-2)c1ccc(F)cc1F. The Bertz CT molecular complexity index is 1250. The number of amides is 1. The van der Waals surface area contributed by atoms with Crippen molar-refractivity contribution in [2.75, 3.05) is 5.32 Å². The van der Waals surface area contributed by atoms with Crippen LogP contribution in [0.1, 0.15) is 21.5 Å². The van der Waals surface area contributed by atoms with Gasteiger partial charge in [-0.1, -0.05) is 36.4 Å². The van der Waals surface area contributed by atoms with Crippen LogP contribution in [-0.4, -0.2) is 16.1 Å². The van der Waals surface area contributed by atoms with Crippen molar-refractivity contribution in [3.8, 4) is 22.5 Å². The average Bonchev–Trinajstić information content (AvgIpc) is 3.27. The lowest BCUT2D eigenvalue weighted by Gasteiger charge is -2.08. The van der Waals surface area contributed by atoms with Crippen molar-refractivity contribution in [2.24, 2.45) is 0 Å². The summed E-state index contributed by atoms with van der Waals surface area (Å²) in [5, 5.41) is 10.3. The second-order valence-corrected chi connectivity index (χ2v) is 6.92. The van der Waals surface area contributed by atoms with E-state index in [1.54, 1.807) is 6.07 Å². The Hall–Kier alpha value is -3.80. The minimum atomic E-state index is -0.891. The number of rotatable bonds is 3. The maximum absolute atomic E-state index is 13.9. The van der Waals surface area contributed by atoms with Crippen LogP contribution in [-0.2, 0) is 6.42 Å². The van der Waals surface area contributed by atoms with E-state index in [4.69, 9.17) is 0 Å². The summed E-state index contributed by atoms with van der Waals surface area (Å²) in [6.07, 6.45) is 0.681. The summed E-state index contributed by atoms with van der Waals surface area (Å²) in [6.45, 7) is 0. The van der Waals surface area contributed by atoms with Crippen LogP contribution in [0.2, 0.25) is 0 Å². The van der Waals surface area contributed by atoms with Crippen molar-refractivity contribution in [1.29, 1.82) is 0 Å². The molecule has 1 heterocycles. The predicted molar refractivity (Wildman–Crippen MR) is 107 cm³/mol. The van der Waals surface area contributed by atoms with Gasteiger partial charge in [0, 0.05) is 34.9 Å². The lowest BCUT2D eigenvalue weighted by molar-refractivity contribution is 0.102. The Morgan fingerprint density at radius 2 is 1.83 bits per heavy atom. The topological polar surface area (TPSA) is 57.8 Å². The highest BCUT2D eigenvalue weighted by Gasteiger charge is 2.25. The summed E-state index contributed by atoms with van der Waals surface area (Å²) in [5.41, 5.74) is 6.46. The van der Waals surface area contributed by atoms with Gasteiger partial charge in [0.1, 0.15) is 11.6 Å². The second kappa shape index (κ2) is 6.67. The third kappa shape index (κ3) is 2.99. The van der Waals surface area contributed by atoms with Gasteiger partial charge in [0.05, 0.1) is 17.0 Å². The summed E-state index contributed by atoms with van der Waals surface area (Å²) in [7, 11) is 0. The first-order valence-electron chi connectivity index (χ1n) is 9.12. The third-order valence-electron chi connectivity index (χ3n) is 5.09. The zero-order valence-corrected chi connectivity index (χ0v) is 15.2. The molecule has 4 nitrogen and oxygen atoms in total. The van der Waals surface area contributed by atoms with Crippen molar-refractivity contribution in [3.63, 3.8) is 0 Å². The van der Waals surface area contributed by atoms with E-state index >= 15 is 0 Å². The highest BCUT2D eigenvalue weighted by molar-refractivity contribution is 6.04. The van der Waals surface area contributed by atoms with Crippen molar-refractivity contribution in [3.05, 3.63) is 95.1 Å². The van der Waals surface area contributed by atoms with E-state index in [2.05, 4.69) is 15.5 Å². The van der Waals surface area contributed by atoms with Gasteiger partial charge in [-0.2, -0.15) is 5.10 Å². The molecule has 1 aliphatic carbocycles. The molecular formula is C23H15F2N3O. The Balaban J connectivity index is 1.42. The van der Waals surface area contributed by atoms with Gasteiger partial charge in [0.2, 0.25) is 0 Å². The molecule has 0 bridgehead atoms. The number of hydrogen-bond acceptors (Lipinski definition) is 2. The number of anilines is 1. The van der Waals surface area contributed by atoms with Gasteiger partial charge in [-0.3, -0.25) is 9.89 Å². The number of carbonyl (C=O) groups is 1. The molecule has 0 unspecified atom stereocenters. The van der Waals surface area contributed by atoms with Gasteiger partial charge < -0.3 is 5.32 Å². The highest BCUT2D eigenvalue weighted by atomic mass is 19.1. The van der Waals surface area contributed by atoms with Gasteiger partial charge in [-0.25, -0.2) is 8.78 Å². The predicted octanol–water partition coefficient (Wildman–Crippen LogP) is 5.18. The van der Waals surface area contributed by atoms with Gasteiger partial charge in [0.15, 0.2) is 0 Å². The number of fused-ring (bicyclic) bond motifs is 3. The standard InChI is InChI=1S/C23H15F2N3O/c24-15-6-8-18(20(25)12-15)23(29)26-16-7-9-17-14(10-16)11-19-21(27-28-22(17)19)13-4-2-1-3-5-13/h1-10,12H,11H2,(H,26,29)(H,27,28). The fourth-order valence-electron chi connectivity index (χ4n) is 3.72. The largest absolute Gasteiger partial charge is 0.322 e. The average molecular weight is 387 g/mol. The molecule has 29 heavy (non-hydrogen) atoms. The molecule has 1 amide bonds. The molecule has 1 aliphatic rings. The van der Waals surface area contributed by atoms with E-state index < -0.39 is 17.5 Å². The van der Waals surface area contributed by atoms with Crippen molar-refractivity contribution >= 4 is 11.6 Å². The summed E-state index contributed by atoms with van der Waals surface area (Å²) >= 11 is 0. The number of carbonyl (C=O) groups excluding carboxylic acids is 1. The fraction of sp³-hybridized carbons (Fsp3) is 0.0435. The molecule has 3 aromatic carbocycles. The molecule has 0 saturated carbocycles. The van der Waals surface area contributed by atoms with Crippen LogP contribution in [0.15, 0.2) is 66.7 Å². The number of nitrogens with zero attached hydrogens (tertiary/aromatic N) is 1. The van der Waals surface area contributed by atoms with Crippen LogP contribution in [0.4, 0.5) is 14.5 Å². The Morgan fingerprint density at radius 3 is 2.62 bits per heavy atom. The van der Waals surface area contributed by atoms with E-state index in [1.165, 1.54) is 0 Å². The lowest BCUT2D eigenvalue weighted by atomic mass is 10.1. The zero-order valence-electron chi connectivity index (χ0n) is 15.2. The number of benzene rings is 3. The number of halogens is 2. The molecule has 142 valence electrons. The number of H-pyrrole nitrogens is 1. The molecule has 1 aromatic heterocycles. The van der Waals surface area contributed by atoms with Crippen molar-refractivity contribution in [2.45, 2.75) is 6.42 Å². The molecule has 2 N–H and O–H groups in total. The molecule has 0 aliphatic heterocycles. The van der Waals surface area contributed by atoms with Crippen molar-refractivity contribution in [1.82, 2.24) is 10.2 Å². The number of hydrogen-bond donors (Lipinski definition) is 2. The van der Waals surface area contributed by atoms with Crippen LogP contribution < -0.4 is 5.32 Å². The first-order valence-corrected chi connectivity index (χ1v) is 9.12. The number of aromatic nitrogens is 2. The second-order valence-electron chi connectivity index (χ2n) is 6.92. The molecule has 0 spiro atoms. The first-order chi connectivity index (χ1) is 14.1. The van der Waals surface area contributed by atoms with Gasteiger partial charge in [-0.15, -0.1) is 0 Å². The van der Waals surface area contributed by atoms with Gasteiger partial charge in [0.25, 0.3) is 5.91 Å². The number of nitrogens with one attached hydrogen (secondary N) is 2. The van der Waals surface area contributed by atoms with Crippen LogP contribution in [0.25, 0.3) is 22.5 Å². The van der Waals surface area contributed by atoms with E-state index in [0.29, 0.717) is 18.2 Å². The normalized spacial score (nSPS) is 11.8. The minimum absolute atomic E-state index is 0.201. The van der Waals surface area contributed by atoms with Crippen LogP contribution in [0.5, 0.6) is 0 Å². The summed E-state index contributed by atoms with van der Waals surface area (Å²) in [4.78, 5) is 12.4. The zero-order chi connectivity index (χ0) is 20.0. The summed E-state index contributed by atoms with van der Waals surface area (Å²) < 4.78 is 26.9. The number of aromatic amines is 1. The smallest absolute Gasteiger partial charge is 0.258 e. The molecule has 0 fully saturated rings. The molecule has 4 aromatic rings. The van der Waals surface area contributed by atoms with E-state index in [-0.39, 0.29) is 5.56 Å². The molecule has 6 heteroatoms. The Kier molecular flexibility index (Phi) is 3.98. The fourth-order valence-corrected chi connectivity index (χ4v) is 3.72. The van der Waals surface area contributed by atoms with Gasteiger partial charge >= 0.3 is 0 Å². The minimum Gasteiger partial charge on any atom is -0.322 e. The Labute approximate surface area is 165 Å². The maximum Gasteiger partial charge on any atom is 0.258 e. The summed E-state index contributed by atoms with van der Waals surface area (Å²) in [5.74, 6) is -2.23. The van der Waals surface area contributed by atoms with Crippen LogP contribution in [0, 0.1) is 11.6 Å². The molecular weight excluding hydrogens is 372 g/mol. The van der Waals surface area contributed by atoms with E-state index in [9.17, 15) is 13.6 Å². The van der Waals surface area contributed by atoms with E-state index in [0.717, 1.165) is 45.8 Å². The van der Waals surface area contributed by atoms with Crippen molar-refractivity contribution < 1.29 is 13.6 Å². The monoisotopic (exact) mass is 387 g/mol.